The maximum atomic E-state index is 5.13. The van der Waals surface area contributed by atoms with E-state index in [1.807, 2.05) is 12.1 Å². The molecule has 0 fully saturated rings. The maximum absolute atomic E-state index is 5.13. The van der Waals surface area contributed by atoms with Crippen molar-refractivity contribution in [2.75, 3.05) is 7.11 Å². The molecule has 0 atom stereocenters. The average Bonchev–Trinajstić information content (AvgIpc) is 2.30. The topological polar surface area (TPSA) is 9.23 Å². The van der Waals surface area contributed by atoms with Crippen LogP contribution in [0.1, 0.15) is 38.7 Å². The SMILES string of the molecule is CCC/C(C)=C/CCc1ccc(OC)cc1. The third-order valence-electron chi connectivity index (χ3n) is 2.73. The van der Waals surface area contributed by atoms with E-state index >= 15 is 0 Å². The van der Waals surface area contributed by atoms with E-state index in [0.29, 0.717) is 0 Å². The van der Waals surface area contributed by atoms with Crippen molar-refractivity contribution in [1.82, 2.24) is 0 Å². The lowest BCUT2D eigenvalue weighted by Crippen LogP contribution is -1.86. The normalized spacial score (nSPS) is 11.6. The lowest BCUT2D eigenvalue weighted by Gasteiger charge is -2.02. The molecule has 0 bridgehead atoms. The van der Waals surface area contributed by atoms with Gasteiger partial charge in [0.15, 0.2) is 0 Å². The van der Waals surface area contributed by atoms with Crippen LogP contribution in [-0.2, 0) is 6.42 Å². The molecule has 1 aromatic carbocycles. The Morgan fingerprint density at radius 1 is 1.25 bits per heavy atom. The monoisotopic (exact) mass is 218 g/mol. The molecule has 1 aromatic rings. The van der Waals surface area contributed by atoms with Gasteiger partial charge in [-0.2, -0.15) is 0 Å². The first-order chi connectivity index (χ1) is 7.76. The molecular formula is C15H22O. The summed E-state index contributed by atoms with van der Waals surface area (Å²) in [6.45, 7) is 4.44. The highest BCUT2D eigenvalue weighted by atomic mass is 16.5. The molecular weight excluding hydrogens is 196 g/mol. The first-order valence-electron chi connectivity index (χ1n) is 6.04. The molecule has 0 N–H and O–H groups in total. The molecule has 1 rings (SSSR count). The summed E-state index contributed by atoms with van der Waals surface area (Å²) in [4.78, 5) is 0. The zero-order valence-corrected chi connectivity index (χ0v) is 10.6. The van der Waals surface area contributed by atoms with Crippen LogP contribution in [0.3, 0.4) is 0 Å². The largest absolute Gasteiger partial charge is 0.497 e. The van der Waals surface area contributed by atoms with Crippen LogP contribution in [0.4, 0.5) is 0 Å². The summed E-state index contributed by atoms with van der Waals surface area (Å²) in [6, 6.07) is 8.33. The second kappa shape index (κ2) is 7.10. The predicted octanol–water partition coefficient (Wildman–Crippen LogP) is 4.37. The first-order valence-corrected chi connectivity index (χ1v) is 6.04. The minimum atomic E-state index is 0.932. The second-order valence-electron chi connectivity index (χ2n) is 4.19. The Labute approximate surface area is 99.1 Å². The highest BCUT2D eigenvalue weighted by molar-refractivity contribution is 5.27. The Morgan fingerprint density at radius 3 is 2.50 bits per heavy atom. The van der Waals surface area contributed by atoms with Crippen molar-refractivity contribution in [2.45, 2.75) is 39.5 Å². The Morgan fingerprint density at radius 2 is 1.94 bits per heavy atom. The van der Waals surface area contributed by atoms with Crippen LogP contribution in [0.2, 0.25) is 0 Å². The molecule has 16 heavy (non-hydrogen) atoms. The number of methoxy groups -OCH3 is 1. The fourth-order valence-corrected chi connectivity index (χ4v) is 1.77. The first kappa shape index (κ1) is 12.8. The molecule has 0 aliphatic rings. The molecule has 1 heteroatoms. The molecule has 0 aliphatic carbocycles. The van der Waals surface area contributed by atoms with E-state index in [1.165, 1.54) is 24.0 Å². The zero-order valence-electron chi connectivity index (χ0n) is 10.6. The number of hydrogen-bond donors (Lipinski definition) is 0. The van der Waals surface area contributed by atoms with Gasteiger partial charge in [0.2, 0.25) is 0 Å². The number of allylic oxidation sites excluding steroid dienone is 2. The van der Waals surface area contributed by atoms with Gasteiger partial charge >= 0.3 is 0 Å². The second-order valence-corrected chi connectivity index (χ2v) is 4.19. The van der Waals surface area contributed by atoms with Gasteiger partial charge in [-0.3, -0.25) is 0 Å². The standard InChI is InChI=1S/C15H22O/c1-4-6-13(2)7-5-8-14-9-11-15(16-3)12-10-14/h7,9-12H,4-6,8H2,1-3H3/b13-7+. The maximum Gasteiger partial charge on any atom is 0.118 e. The van der Waals surface area contributed by atoms with Crippen LogP contribution in [0, 0.1) is 0 Å². The summed E-state index contributed by atoms with van der Waals surface area (Å²) in [5, 5.41) is 0. The average molecular weight is 218 g/mol. The number of ether oxygens (including phenoxy) is 1. The van der Waals surface area contributed by atoms with Gasteiger partial charge in [-0.05, 0) is 43.9 Å². The summed E-state index contributed by atoms with van der Waals surface area (Å²) < 4.78 is 5.13. The van der Waals surface area contributed by atoms with E-state index in [4.69, 9.17) is 4.74 Å². The smallest absolute Gasteiger partial charge is 0.118 e. The third kappa shape index (κ3) is 4.52. The van der Waals surface area contributed by atoms with E-state index in [9.17, 15) is 0 Å². The van der Waals surface area contributed by atoms with Gasteiger partial charge in [-0.1, -0.05) is 37.1 Å². The van der Waals surface area contributed by atoms with Gasteiger partial charge in [-0.25, -0.2) is 0 Å². The van der Waals surface area contributed by atoms with Gasteiger partial charge < -0.3 is 4.74 Å². The molecule has 0 saturated carbocycles. The van der Waals surface area contributed by atoms with Crippen LogP contribution in [0.5, 0.6) is 5.75 Å². The Balaban J connectivity index is 2.39. The van der Waals surface area contributed by atoms with E-state index in [1.54, 1.807) is 7.11 Å². The van der Waals surface area contributed by atoms with Crippen molar-refractivity contribution in [3.8, 4) is 5.75 Å². The van der Waals surface area contributed by atoms with Gasteiger partial charge in [0.1, 0.15) is 5.75 Å². The summed E-state index contributed by atoms with van der Waals surface area (Å²) >= 11 is 0. The molecule has 0 amide bonds. The molecule has 1 nitrogen and oxygen atoms in total. The van der Waals surface area contributed by atoms with Crippen LogP contribution in [0.15, 0.2) is 35.9 Å². The molecule has 0 spiro atoms. The highest BCUT2D eigenvalue weighted by Gasteiger charge is 1.94. The number of rotatable bonds is 6. The number of hydrogen-bond acceptors (Lipinski definition) is 1. The molecule has 0 radical (unpaired) electrons. The van der Waals surface area contributed by atoms with Gasteiger partial charge in [0.05, 0.1) is 7.11 Å². The molecule has 0 aliphatic heterocycles. The minimum absolute atomic E-state index is 0.932. The molecule has 0 aromatic heterocycles. The Kier molecular flexibility index (Phi) is 5.69. The fraction of sp³-hybridized carbons (Fsp3) is 0.467. The zero-order chi connectivity index (χ0) is 11.8. The van der Waals surface area contributed by atoms with Gasteiger partial charge in [-0.15, -0.1) is 0 Å². The predicted molar refractivity (Wildman–Crippen MR) is 70.0 cm³/mol. The Hall–Kier alpha value is -1.24. The van der Waals surface area contributed by atoms with E-state index in [-0.39, 0.29) is 0 Å². The van der Waals surface area contributed by atoms with Crippen LogP contribution in [0.25, 0.3) is 0 Å². The minimum Gasteiger partial charge on any atom is -0.497 e. The third-order valence-corrected chi connectivity index (χ3v) is 2.73. The molecule has 0 unspecified atom stereocenters. The summed E-state index contributed by atoms with van der Waals surface area (Å²) in [5.41, 5.74) is 2.89. The van der Waals surface area contributed by atoms with Crippen molar-refractivity contribution in [2.24, 2.45) is 0 Å². The van der Waals surface area contributed by atoms with E-state index < -0.39 is 0 Å². The van der Waals surface area contributed by atoms with Crippen LogP contribution >= 0.6 is 0 Å². The highest BCUT2D eigenvalue weighted by Crippen LogP contribution is 2.13. The van der Waals surface area contributed by atoms with Crippen LogP contribution < -0.4 is 4.74 Å². The van der Waals surface area contributed by atoms with Crippen molar-refractivity contribution in [1.29, 1.82) is 0 Å². The molecule has 0 heterocycles. The van der Waals surface area contributed by atoms with Crippen LogP contribution in [-0.4, -0.2) is 7.11 Å². The summed E-state index contributed by atoms with van der Waals surface area (Å²) in [5.74, 6) is 0.932. The van der Waals surface area contributed by atoms with Crippen molar-refractivity contribution < 1.29 is 4.74 Å². The van der Waals surface area contributed by atoms with Gasteiger partial charge in [0, 0.05) is 0 Å². The molecule has 88 valence electrons. The lowest BCUT2D eigenvalue weighted by atomic mass is 10.1. The summed E-state index contributed by atoms with van der Waals surface area (Å²) in [7, 11) is 1.70. The number of aryl methyl sites for hydroxylation is 1. The van der Waals surface area contributed by atoms with Crippen molar-refractivity contribution in [3.63, 3.8) is 0 Å². The summed E-state index contributed by atoms with van der Waals surface area (Å²) in [6.07, 6.45) is 7.07. The number of benzene rings is 1. The molecule has 0 saturated heterocycles. The lowest BCUT2D eigenvalue weighted by molar-refractivity contribution is 0.414. The van der Waals surface area contributed by atoms with E-state index in [2.05, 4.69) is 32.1 Å². The fourth-order valence-electron chi connectivity index (χ4n) is 1.77. The quantitative estimate of drug-likeness (QED) is 0.644. The Bertz CT molecular complexity index is 322. The van der Waals surface area contributed by atoms with Crippen molar-refractivity contribution in [3.05, 3.63) is 41.5 Å². The van der Waals surface area contributed by atoms with Gasteiger partial charge in [0.25, 0.3) is 0 Å². The van der Waals surface area contributed by atoms with Crippen molar-refractivity contribution >= 4 is 0 Å². The van der Waals surface area contributed by atoms with E-state index in [0.717, 1.165) is 18.6 Å².